The van der Waals surface area contributed by atoms with Crippen LogP contribution in [0.3, 0.4) is 0 Å². The molecule has 0 spiro atoms. The summed E-state index contributed by atoms with van der Waals surface area (Å²) in [6.07, 6.45) is -0.0487. The minimum Gasteiger partial charge on any atom is -0.315 e. The summed E-state index contributed by atoms with van der Waals surface area (Å²) >= 11 is 0. The van der Waals surface area contributed by atoms with Crippen LogP contribution in [0, 0.1) is 0 Å². The summed E-state index contributed by atoms with van der Waals surface area (Å²) in [5, 5.41) is 3.32. The zero-order chi connectivity index (χ0) is 13.3. The molecule has 104 valence electrons. The van der Waals surface area contributed by atoms with E-state index in [-0.39, 0.29) is 0 Å². The first-order valence-corrected chi connectivity index (χ1v) is 6.30. The van der Waals surface area contributed by atoms with Crippen LogP contribution in [-0.2, 0) is 0 Å². The minimum atomic E-state index is -4.07. The van der Waals surface area contributed by atoms with Crippen LogP contribution in [0.2, 0.25) is 0 Å². The van der Waals surface area contributed by atoms with Gasteiger partial charge in [0.15, 0.2) is 0 Å². The summed E-state index contributed by atoms with van der Waals surface area (Å²) < 4.78 is 36.0. The summed E-state index contributed by atoms with van der Waals surface area (Å²) in [4.78, 5) is 1.34. The van der Waals surface area contributed by atoms with Crippen molar-refractivity contribution >= 4 is 0 Å². The van der Waals surface area contributed by atoms with Gasteiger partial charge in [-0.2, -0.15) is 13.2 Å². The van der Waals surface area contributed by atoms with E-state index >= 15 is 0 Å². The van der Waals surface area contributed by atoms with Crippen LogP contribution in [0.15, 0.2) is 0 Å². The maximum atomic E-state index is 12.0. The molecule has 2 nitrogen and oxygen atoms in total. The Morgan fingerprint density at radius 1 is 1.06 bits per heavy atom. The number of unbranched alkanes of at least 4 members (excludes halogenated alkanes) is 3. The van der Waals surface area contributed by atoms with Gasteiger partial charge in [0.25, 0.3) is 0 Å². The first kappa shape index (κ1) is 16.7. The van der Waals surface area contributed by atoms with Gasteiger partial charge in [0.1, 0.15) is 0 Å². The third-order valence-corrected chi connectivity index (χ3v) is 2.47. The van der Waals surface area contributed by atoms with Gasteiger partial charge in [0.2, 0.25) is 0 Å². The van der Waals surface area contributed by atoms with Crippen LogP contribution in [0.1, 0.15) is 39.5 Å². The molecule has 0 aliphatic rings. The SMILES string of the molecule is CC(C)NCCCCCCN(C)CC(F)(F)F. The molecule has 0 aliphatic carbocycles. The van der Waals surface area contributed by atoms with Gasteiger partial charge in [-0.15, -0.1) is 0 Å². The predicted molar refractivity (Wildman–Crippen MR) is 65.2 cm³/mol. The Labute approximate surface area is 103 Å². The van der Waals surface area contributed by atoms with Gasteiger partial charge < -0.3 is 5.32 Å². The molecule has 17 heavy (non-hydrogen) atoms. The zero-order valence-electron chi connectivity index (χ0n) is 11.1. The topological polar surface area (TPSA) is 15.3 Å². The summed E-state index contributed by atoms with van der Waals surface area (Å²) in [6.45, 7) is 4.92. The van der Waals surface area contributed by atoms with Crippen LogP contribution in [0.4, 0.5) is 13.2 Å². The summed E-state index contributed by atoms with van der Waals surface area (Å²) in [5.41, 5.74) is 0. The zero-order valence-corrected chi connectivity index (χ0v) is 11.1. The molecule has 0 rings (SSSR count). The van der Waals surface area contributed by atoms with Crippen LogP contribution < -0.4 is 5.32 Å². The number of rotatable bonds is 9. The third kappa shape index (κ3) is 13.6. The van der Waals surface area contributed by atoms with Gasteiger partial charge in [0, 0.05) is 6.04 Å². The summed E-state index contributed by atoms with van der Waals surface area (Å²) in [5.74, 6) is 0. The van der Waals surface area contributed by atoms with Crippen molar-refractivity contribution < 1.29 is 13.2 Å². The smallest absolute Gasteiger partial charge is 0.315 e. The van der Waals surface area contributed by atoms with Crippen LogP contribution in [0.5, 0.6) is 0 Å². The highest BCUT2D eigenvalue weighted by Gasteiger charge is 2.28. The highest BCUT2D eigenvalue weighted by Crippen LogP contribution is 2.15. The molecule has 0 unspecified atom stereocenters. The van der Waals surface area contributed by atoms with Gasteiger partial charge in [-0.25, -0.2) is 0 Å². The molecule has 0 saturated carbocycles. The fourth-order valence-electron chi connectivity index (χ4n) is 1.64. The van der Waals surface area contributed by atoms with Gasteiger partial charge >= 0.3 is 6.18 Å². The van der Waals surface area contributed by atoms with Crippen molar-refractivity contribution in [3.63, 3.8) is 0 Å². The average molecular weight is 254 g/mol. The summed E-state index contributed by atoms with van der Waals surface area (Å²) in [7, 11) is 1.52. The molecule has 1 N–H and O–H groups in total. The van der Waals surface area contributed by atoms with Crippen molar-refractivity contribution in [1.82, 2.24) is 10.2 Å². The second-order valence-corrected chi connectivity index (χ2v) is 4.88. The van der Waals surface area contributed by atoms with Crippen LogP contribution >= 0.6 is 0 Å². The molecule has 0 aliphatic heterocycles. The van der Waals surface area contributed by atoms with Crippen molar-refractivity contribution in [2.45, 2.75) is 51.7 Å². The highest BCUT2D eigenvalue weighted by molar-refractivity contribution is 4.59. The van der Waals surface area contributed by atoms with E-state index in [1.807, 2.05) is 0 Å². The lowest BCUT2D eigenvalue weighted by Gasteiger charge is -2.18. The van der Waals surface area contributed by atoms with Crippen molar-refractivity contribution in [3.8, 4) is 0 Å². The van der Waals surface area contributed by atoms with Crippen molar-refractivity contribution in [3.05, 3.63) is 0 Å². The van der Waals surface area contributed by atoms with Crippen LogP contribution in [-0.4, -0.2) is 43.8 Å². The van der Waals surface area contributed by atoms with E-state index in [1.54, 1.807) is 0 Å². The Morgan fingerprint density at radius 2 is 1.65 bits per heavy atom. The molecular weight excluding hydrogens is 229 g/mol. The second-order valence-electron chi connectivity index (χ2n) is 4.88. The number of alkyl halides is 3. The van der Waals surface area contributed by atoms with E-state index in [0.717, 1.165) is 32.2 Å². The Kier molecular flexibility index (Phi) is 8.60. The average Bonchev–Trinajstić information content (AvgIpc) is 2.12. The number of nitrogens with zero attached hydrogens (tertiary/aromatic N) is 1. The van der Waals surface area contributed by atoms with Gasteiger partial charge in [-0.3, -0.25) is 4.90 Å². The van der Waals surface area contributed by atoms with E-state index in [0.29, 0.717) is 12.6 Å². The Balaban J connectivity index is 3.28. The Hall–Kier alpha value is -0.290. The lowest BCUT2D eigenvalue weighted by Crippen LogP contribution is -2.31. The fourth-order valence-corrected chi connectivity index (χ4v) is 1.64. The second kappa shape index (κ2) is 8.75. The number of hydrogen-bond donors (Lipinski definition) is 1. The fraction of sp³-hybridized carbons (Fsp3) is 1.00. The van der Waals surface area contributed by atoms with Gasteiger partial charge in [-0.1, -0.05) is 26.7 Å². The number of hydrogen-bond acceptors (Lipinski definition) is 2. The molecule has 0 aromatic heterocycles. The molecule has 0 radical (unpaired) electrons. The van der Waals surface area contributed by atoms with E-state index in [4.69, 9.17) is 0 Å². The van der Waals surface area contributed by atoms with E-state index < -0.39 is 12.7 Å². The van der Waals surface area contributed by atoms with E-state index in [1.165, 1.54) is 11.9 Å². The molecule has 5 heteroatoms. The van der Waals surface area contributed by atoms with Gasteiger partial charge in [0.05, 0.1) is 6.54 Å². The first-order valence-electron chi connectivity index (χ1n) is 6.30. The molecule has 0 heterocycles. The normalized spacial score (nSPS) is 12.7. The third-order valence-electron chi connectivity index (χ3n) is 2.47. The highest BCUT2D eigenvalue weighted by atomic mass is 19.4. The predicted octanol–water partition coefficient (Wildman–Crippen LogP) is 3.04. The number of nitrogens with one attached hydrogen (secondary N) is 1. The molecule has 0 saturated heterocycles. The summed E-state index contributed by atoms with van der Waals surface area (Å²) in [6, 6.07) is 0.507. The Bertz CT molecular complexity index is 181. The van der Waals surface area contributed by atoms with Crippen molar-refractivity contribution in [1.29, 1.82) is 0 Å². The lowest BCUT2D eigenvalue weighted by molar-refractivity contribution is -0.143. The largest absolute Gasteiger partial charge is 0.401 e. The quantitative estimate of drug-likeness (QED) is 0.636. The molecule has 0 amide bonds. The molecule has 0 bridgehead atoms. The maximum absolute atomic E-state index is 12.0. The van der Waals surface area contributed by atoms with E-state index in [9.17, 15) is 13.2 Å². The van der Waals surface area contributed by atoms with Gasteiger partial charge in [-0.05, 0) is 33.0 Å². The molecule has 0 aromatic rings. The monoisotopic (exact) mass is 254 g/mol. The number of halogens is 3. The first-order chi connectivity index (χ1) is 7.81. The van der Waals surface area contributed by atoms with Crippen LogP contribution in [0.25, 0.3) is 0 Å². The standard InChI is InChI=1S/C12H25F3N2/c1-11(2)16-8-6-4-5-7-9-17(3)10-12(13,14)15/h11,16H,4-10H2,1-3H3. The maximum Gasteiger partial charge on any atom is 0.401 e. The van der Waals surface area contributed by atoms with E-state index in [2.05, 4.69) is 19.2 Å². The molecule has 0 fully saturated rings. The molecule has 0 atom stereocenters. The Morgan fingerprint density at radius 3 is 2.18 bits per heavy atom. The molecule has 0 aromatic carbocycles. The minimum absolute atomic E-state index is 0.507. The lowest BCUT2D eigenvalue weighted by atomic mass is 10.2. The van der Waals surface area contributed by atoms with Crippen molar-refractivity contribution in [2.75, 3.05) is 26.7 Å². The van der Waals surface area contributed by atoms with Crippen molar-refractivity contribution in [2.24, 2.45) is 0 Å². The molecular formula is C12H25F3N2.